The fourth-order valence-electron chi connectivity index (χ4n) is 2.02. The number of aromatic nitrogens is 1. The third kappa shape index (κ3) is 3.30. The van der Waals surface area contributed by atoms with Crippen molar-refractivity contribution < 1.29 is 16.6 Å². The monoisotopic (exact) mass is 301 g/mol. The molecule has 0 aliphatic rings. The minimum atomic E-state index is -4.42. The fourth-order valence-corrected chi connectivity index (χ4v) is 3.18. The number of hydrogen-bond donors (Lipinski definition) is 1. The van der Waals surface area contributed by atoms with E-state index in [9.17, 15) is 8.42 Å². The van der Waals surface area contributed by atoms with Crippen LogP contribution in [0.4, 0.5) is 0 Å². The quantitative estimate of drug-likeness (QED) is 0.678. The zero-order chi connectivity index (χ0) is 14.0. The molecule has 1 aromatic carbocycles. The van der Waals surface area contributed by atoms with E-state index in [-0.39, 0.29) is 5.25 Å². The van der Waals surface area contributed by atoms with E-state index < -0.39 is 10.4 Å². The molecule has 1 unspecified atom stereocenters. The normalized spacial score (nSPS) is 13.8. The first-order chi connectivity index (χ1) is 8.92. The number of nitrogens with zero attached hydrogens (tertiary/aromatic N) is 1. The van der Waals surface area contributed by atoms with Crippen LogP contribution < -0.4 is 0 Å². The van der Waals surface area contributed by atoms with Crippen LogP contribution >= 0.6 is 12.0 Å². The van der Waals surface area contributed by atoms with Gasteiger partial charge in [0.1, 0.15) is 0 Å². The van der Waals surface area contributed by atoms with Crippen molar-refractivity contribution in [2.75, 3.05) is 0 Å². The lowest BCUT2D eigenvalue weighted by Gasteiger charge is -2.07. The minimum absolute atomic E-state index is 0.209. The summed E-state index contributed by atoms with van der Waals surface area (Å²) in [6.45, 7) is 4.71. The van der Waals surface area contributed by atoms with E-state index in [0.717, 1.165) is 35.1 Å². The third-order valence-electron chi connectivity index (χ3n) is 2.87. The van der Waals surface area contributed by atoms with Crippen LogP contribution in [-0.4, -0.2) is 17.5 Å². The molecule has 104 valence electrons. The van der Waals surface area contributed by atoms with E-state index in [4.69, 9.17) is 4.55 Å². The summed E-state index contributed by atoms with van der Waals surface area (Å²) in [5, 5.41) is 0.850. The van der Waals surface area contributed by atoms with Crippen molar-refractivity contribution in [2.45, 2.75) is 25.6 Å². The van der Waals surface area contributed by atoms with Crippen LogP contribution in [0.15, 0.2) is 30.5 Å². The zero-order valence-electron chi connectivity index (χ0n) is 10.6. The van der Waals surface area contributed by atoms with Crippen LogP contribution in [0.25, 0.3) is 10.9 Å². The van der Waals surface area contributed by atoms with Crippen LogP contribution in [0, 0.1) is 0 Å². The number of benzene rings is 1. The second-order valence-electron chi connectivity index (χ2n) is 4.12. The van der Waals surface area contributed by atoms with Crippen molar-refractivity contribution in [1.29, 1.82) is 0 Å². The van der Waals surface area contributed by atoms with Gasteiger partial charge < -0.3 is 4.57 Å². The zero-order valence-corrected chi connectivity index (χ0v) is 12.2. The summed E-state index contributed by atoms with van der Waals surface area (Å²) in [6.07, 6.45) is 1.98. The Morgan fingerprint density at radius 3 is 2.74 bits per heavy atom. The first-order valence-corrected chi connectivity index (χ1v) is 7.99. The summed E-state index contributed by atoms with van der Waals surface area (Å²) < 4.78 is 36.3. The van der Waals surface area contributed by atoms with Gasteiger partial charge in [0, 0.05) is 35.7 Å². The van der Waals surface area contributed by atoms with Crippen molar-refractivity contribution in [2.24, 2.45) is 0 Å². The van der Waals surface area contributed by atoms with Gasteiger partial charge in [-0.05, 0) is 25.5 Å². The molecule has 1 heterocycles. The van der Waals surface area contributed by atoms with Crippen LogP contribution in [-0.2, 0) is 20.6 Å². The second kappa shape index (κ2) is 5.54. The Bertz CT molecular complexity index is 678. The van der Waals surface area contributed by atoms with Gasteiger partial charge in [0.25, 0.3) is 0 Å². The number of rotatable bonds is 5. The summed E-state index contributed by atoms with van der Waals surface area (Å²) in [5.74, 6) is 0. The predicted molar refractivity (Wildman–Crippen MR) is 76.3 cm³/mol. The van der Waals surface area contributed by atoms with Crippen LogP contribution in [0.3, 0.4) is 0 Å². The molecule has 0 saturated carbocycles. The first-order valence-electron chi connectivity index (χ1n) is 5.82. The maximum atomic E-state index is 10.6. The van der Waals surface area contributed by atoms with E-state index in [1.54, 1.807) is 0 Å². The lowest BCUT2D eigenvalue weighted by molar-refractivity contribution is 0.407. The molecular formula is C12H15NO4S2. The van der Waals surface area contributed by atoms with E-state index in [1.807, 2.05) is 44.3 Å². The number of hydrogen-bond acceptors (Lipinski definition) is 4. The Hall–Kier alpha value is -1.02. The Morgan fingerprint density at radius 2 is 2.11 bits per heavy atom. The highest BCUT2D eigenvalue weighted by atomic mass is 32.3. The molecule has 0 aliphatic heterocycles. The van der Waals surface area contributed by atoms with Gasteiger partial charge in [-0.15, -0.1) is 0 Å². The Labute approximate surface area is 116 Å². The highest BCUT2D eigenvalue weighted by Gasteiger charge is 2.17. The topological polar surface area (TPSA) is 68.5 Å². The molecule has 19 heavy (non-hydrogen) atoms. The van der Waals surface area contributed by atoms with Crippen molar-refractivity contribution >= 4 is 33.3 Å². The average Bonchev–Trinajstić information content (AvgIpc) is 2.74. The van der Waals surface area contributed by atoms with Crippen LogP contribution in [0.1, 0.15) is 24.7 Å². The molecular weight excluding hydrogens is 286 g/mol. The lowest BCUT2D eigenvalue weighted by atomic mass is 10.1. The van der Waals surface area contributed by atoms with Crippen molar-refractivity contribution in [1.82, 2.24) is 4.57 Å². The van der Waals surface area contributed by atoms with Gasteiger partial charge in [-0.3, -0.25) is 4.55 Å². The Morgan fingerprint density at radius 1 is 1.42 bits per heavy atom. The minimum Gasteiger partial charge on any atom is -0.347 e. The number of fused-ring (bicyclic) bond motifs is 1. The van der Waals surface area contributed by atoms with E-state index in [2.05, 4.69) is 8.20 Å². The molecule has 0 fully saturated rings. The van der Waals surface area contributed by atoms with Crippen molar-refractivity contribution in [3.8, 4) is 0 Å². The van der Waals surface area contributed by atoms with Gasteiger partial charge in [-0.25, -0.2) is 0 Å². The summed E-state index contributed by atoms with van der Waals surface area (Å²) in [7, 11) is -4.42. The molecule has 7 heteroatoms. The van der Waals surface area contributed by atoms with Gasteiger partial charge in [0.15, 0.2) is 0 Å². The number of aryl methyl sites for hydroxylation is 1. The van der Waals surface area contributed by atoms with Gasteiger partial charge in [-0.1, -0.05) is 18.2 Å². The maximum absolute atomic E-state index is 10.6. The van der Waals surface area contributed by atoms with Gasteiger partial charge in [0.05, 0.1) is 5.25 Å². The van der Waals surface area contributed by atoms with Gasteiger partial charge in [-0.2, -0.15) is 12.0 Å². The first kappa shape index (κ1) is 14.4. The molecule has 2 rings (SSSR count). The smallest absolute Gasteiger partial charge is 0.347 e. The molecule has 0 spiro atoms. The molecule has 0 amide bonds. The van der Waals surface area contributed by atoms with Crippen molar-refractivity contribution in [3.05, 3.63) is 36.0 Å². The molecule has 5 nitrogen and oxygen atoms in total. The lowest BCUT2D eigenvalue weighted by Crippen LogP contribution is -1.99. The van der Waals surface area contributed by atoms with Gasteiger partial charge >= 0.3 is 10.4 Å². The molecule has 1 N–H and O–H groups in total. The predicted octanol–water partition coefficient (Wildman–Crippen LogP) is 3.19. The third-order valence-corrected chi connectivity index (χ3v) is 4.41. The Kier molecular flexibility index (Phi) is 4.19. The molecule has 0 radical (unpaired) electrons. The summed E-state index contributed by atoms with van der Waals surface area (Å²) in [5.41, 5.74) is 2.07. The molecule has 1 atom stereocenters. The fraction of sp³-hybridized carbons (Fsp3) is 0.333. The standard InChI is InChI=1S/C12H15NO4S2/c1-3-13-8-11(9(2)18-17-19(14,15)16)10-6-4-5-7-12(10)13/h4-9H,3H2,1-2H3,(H,14,15,16). The van der Waals surface area contributed by atoms with Crippen LogP contribution in [0.2, 0.25) is 0 Å². The summed E-state index contributed by atoms with van der Waals surface area (Å²) >= 11 is 0.724. The average molecular weight is 301 g/mol. The largest absolute Gasteiger partial charge is 0.408 e. The summed E-state index contributed by atoms with van der Waals surface area (Å²) in [6, 6.07) is 7.91. The SMILES string of the molecule is CCn1cc(C(C)SOS(=O)(=O)O)c2ccccc21. The van der Waals surface area contributed by atoms with Gasteiger partial charge in [0.2, 0.25) is 0 Å². The molecule has 0 aliphatic carbocycles. The summed E-state index contributed by atoms with van der Waals surface area (Å²) in [4.78, 5) is 0. The number of para-hydroxylation sites is 1. The highest BCUT2D eigenvalue weighted by molar-refractivity contribution is 8.02. The van der Waals surface area contributed by atoms with E-state index in [1.165, 1.54) is 0 Å². The molecule has 1 aromatic heterocycles. The maximum Gasteiger partial charge on any atom is 0.408 e. The highest BCUT2D eigenvalue weighted by Crippen LogP contribution is 2.35. The van der Waals surface area contributed by atoms with Crippen LogP contribution in [0.5, 0.6) is 0 Å². The molecule has 2 aromatic rings. The van der Waals surface area contributed by atoms with E-state index in [0.29, 0.717) is 0 Å². The molecule has 0 bridgehead atoms. The Balaban J connectivity index is 2.34. The van der Waals surface area contributed by atoms with Crippen molar-refractivity contribution in [3.63, 3.8) is 0 Å². The van der Waals surface area contributed by atoms with E-state index >= 15 is 0 Å². The second-order valence-corrected chi connectivity index (χ2v) is 6.42. The molecule has 0 saturated heterocycles.